The summed E-state index contributed by atoms with van der Waals surface area (Å²) in [5.74, 6) is 0. The Morgan fingerprint density at radius 1 is 0.357 bits per heavy atom. The van der Waals surface area contributed by atoms with Crippen molar-refractivity contribution in [1.29, 1.82) is 5.26 Å². The lowest BCUT2D eigenvalue weighted by Crippen LogP contribution is -2.13. The van der Waals surface area contributed by atoms with E-state index >= 15 is 0 Å². The van der Waals surface area contributed by atoms with E-state index in [0.717, 1.165) is 78.1 Å². The molecule has 0 aliphatic heterocycles. The van der Waals surface area contributed by atoms with Crippen molar-refractivity contribution in [2.24, 2.45) is 0 Å². The monoisotopic (exact) mass is 890 g/mol. The summed E-state index contributed by atoms with van der Waals surface area (Å²) in [5, 5.41) is 21.6. The van der Waals surface area contributed by atoms with Crippen molar-refractivity contribution in [3.05, 3.63) is 248 Å². The van der Waals surface area contributed by atoms with Gasteiger partial charge >= 0.3 is 0 Å². The van der Waals surface area contributed by atoms with Crippen LogP contribution in [0, 0.1) is 17.9 Å². The number of anilines is 6. The van der Waals surface area contributed by atoms with Crippen LogP contribution in [-0.2, 0) is 0 Å². The fourth-order valence-electron chi connectivity index (χ4n) is 11.3. The fourth-order valence-corrected chi connectivity index (χ4v) is 11.3. The van der Waals surface area contributed by atoms with E-state index in [2.05, 4.69) is 236 Å². The molecule has 0 radical (unpaired) electrons. The topological polar surface area (TPSA) is 44.5 Å². The molecule has 6 heteroatoms. The van der Waals surface area contributed by atoms with Gasteiger partial charge in [0.2, 0.25) is 0 Å². The normalized spacial score (nSPS) is 11.7. The lowest BCUT2D eigenvalue weighted by atomic mass is 9.98. The smallest absolute Gasteiger partial charge is 0.187 e. The summed E-state index contributed by atoms with van der Waals surface area (Å²) >= 11 is 0. The highest BCUT2D eigenvalue weighted by molar-refractivity contribution is 6.29. The van der Waals surface area contributed by atoms with Crippen molar-refractivity contribution in [3.8, 4) is 17.4 Å². The summed E-state index contributed by atoms with van der Waals surface area (Å²) in [6, 6.07) is 83.8. The average molecular weight is 891 g/mol. The van der Waals surface area contributed by atoms with Crippen LogP contribution in [0.25, 0.3) is 92.1 Å². The first-order chi connectivity index (χ1) is 34.7. The molecule has 0 amide bonds. The summed E-state index contributed by atoms with van der Waals surface area (Å²) in [4.78, 5) is 8.50. The Labute approximate surface area is 403 Å². The van der Waals surface area contributed by atoms with Crippen LogP contribution in [0.1, 0.15) is 5.56 Å². The molecule has 2 heterocycles. The molecule has 2 aromatic heterocycles. The first-order valence-corrected chi connectivity index (χ1v) is 23.4. The zero-order valence-electron chi connectivity index (χ0n) is 37.6. The Bertz CT molecular complexity index is 4130. The second-order valence-electron chi connectivity index (χ2n) is 17.9. The molecule has 12 aromatic carbocycles. The predicted octanol–water partition coefficient (Wildman–Crippen LogP) is 17.6. The molecular weight excluding hydrogens is 853 g/mol. The number of nitrogens with zero attached hydrogens (tertiary/aromatic N) is 6. The van der Waals surface area contributed by atoms with Crippen LogP contribution in [0.2, 0.25) is 0 Å². The Balaban J connectivity index is 1.02. The van der Waals surface area contributed by atoms with Crippen LogP contribution in [0.15, 0.2) is 231 Å². The van der Waals surface area contributed by atoms with Gasteiger partial charge in [0, 0.05) is 65.8 Å². The third-order valence-electron chi connectivity index (χ3n) is 14.2. The molecule has 0 aliphatic rings. The lowest BCUT2D eigenvalue weighted by molar-refractivity contribution is 1.18. The van der Waals surface area contributed by atoms with Gasteiger partial charge in [0.1, 0.15) is 0 Å². The molecule has 0 unspecified atom stereocenters. The number of aromatic nitrogens is 2. The molecule has 0 saturated heterocycles. The highest BCUT2D eigenvalue weighted by Crippen LogP contribution is 2.51. The van der Waals surface area contributed by atoms with E-state index in [1.54, 1.807) is 0 Å². The Morgan fingerprint density at radius 3 is 1.24 bits per heavy atom. The van der Waals surface area contributed by atoms with Crippen LogP contribution in [0.3, 0.4) is 0 Å². The molecular formula is C64H38N6. The van der Waals surface area contributed by atoms with Gasteiger partial charge in [-0.3, -0.25) is 0 Å². The first-order valence-electron chi connectivity index (χ1n) is 23.4. The van der Waals surface area contributed by atoms with Crippen molar-refractivity contribution in [2.45, 2.75) is 0 Å². The number of nitriles is 1. The number of benzene rings is 12. The standard InChI is InChI=1S/C64H38N6/c1-66-44-28-32-48(33-29-44)68(56-37-39-60-64-52(56)35-27-43-13-9-23-58(62(43)64)70(60)46-16-6-3-7-17-46)54-21-11-18-49-50(54)19-10-20-53(49)67(47-30-24-41(40-65)25-31-47)55-36-38-59-63-51(55)34-26-42-12-8-22-57(61(42)63)69(59)45-14-4-2-5-15-45/h2-39H. The van der Waals surface area contributed by atoms with Gasteiger partial charge in [-0.05, 0) is 120 Å². The maximum absolute atomic E-state index is 9.95. The summed E-state index contributed by atoms with van der Waals surface area (Å²) in [5.41, 5.74) is 14.0. The first kappa shape index (κ1) is 39.3. The molecule has 0 atom stereocenters. The number of para-hydroxylation sites is 2. The number of hydrogen-bond acceptors (Lipinski definition) is 3. The van der Waals surface area contributed by atoms with Crippen LogP contribution in [0.5, 0.6) is 0 Å². The minimum Gasteiger partial charge on any atom is -0.309 e. The second-order valence-corrected chi connectivity index (χ2v) is 17.9. The van der Waals surface area contributed by atoms with Crippen LogP contribution in [0.4, 0.5) is 39.8 Å². The summed E-state index contributed by atoms with van der Waals surface area (Å²) < 4.78 is 4.76. The predicted molar refractivity (Wildman–Crippen MR) is 290 cm³/mol. The summed E-state index contributed by atoms with van der Waals surface area (Å²) in [6.07, 6.45) is 0. The van der Waals surface area contributed by atoms with E-state index < -0.39 is 0 Å². The van der Waals surface area contributed by atoms with Gasteiger partial charge in [0.25, 0.3) is 0 Å². The molecule has 6 nitrogen and oxygen atoms in total. The number of fused-ring (bicyclic) bond motifs is 1. The van der Waals surface area contributed by atoms with Gasteiger partial charge in [0.05, 0.1) is 63.0 Å². The largest absolute Gasteiger partial charge is 0.309 e. The number of rotatable bonds is 8. The molecule has 0 spiro atoms. The Kier molecular flexibility index (Phi) is 8.61. The molecule has 0 saturated carbocycles. The zero-order valence-corrected chi connectivity index (χ0v) is 37.6. The van der Waals surface area contributed by atoms with Crippen LogP contribution in [-0.4, -0.2) is 9.13 Å². The van der Waals surface area contributed by atoms with Gasteiger partial charge < -0.3 is 18.9 Å². The van der Waals surface area contributed by atoms with E-state index in [4.69, 9.17) is 6.57 Å². The van der Waals surface area contributed by atoms with Crippen molar-refractivity contribution < 1.29 is 0 Å². The maximum Gasteiger partial charge on any atom is 0.187 e. The second kappa shape index (κ2) is 15.3. The highest BCUT2D eigenvalue weighted by atomic mass is 15.2. The van der Waals surface area contributed by atoms with E-state index in [0.29, 0.717) is 11.3 Å². The minimum absolute atomic E-state index is 0.586. The molecule has 14 aromatic rings. The van der Waals surface area contributed by atoms with Crippen LogP contribution < -0.4 is 9.80 Å². The van der Waals surface area contributed by atoms with Gasteiger partial charge in [0.15, 0.2) is 5.69 Å². The van der Waals surface area contributed by atoms with E-state index in [1.807, 2.05) is 24.3 Å². The van der Waals surface area contributed by atoms with Gasteiger partial charge in [-0.1, -0.05) is 121 Å². The van der Waals surface area contributed by atoms with E-state index in [1.165, 1.54) is 43.4 Å². The van der Waals surface area contributed by atoms with Crippen molar-refractivity contribution >= 4 is 116 Å². The highest BCUT2D eigenvalue weighted by Gasteiger charge is 2.26. The Hall–Kier alpha value is -9.88. The third-order valence-corrected chi connectivity index (χ3v) is 14.2. The zero-order chi connectivity index (χ0) is 46.5. The quantitative estimate of drug-likeness (QED) is 0.113. The minimum atomic E-state index is 0.586. The van der Waals surface area contributed by atoms with E-state index in [9.17, 15) is 5.26 Å². The van der Waals surface area contributed by atoms with Crippen LogP contribution >= 0.6 is 0 Å². The van der Waals surface area contributed by atoms with Gasteiger partial charge in [-0.2, -0.15) is 5.26 Å². The van der Waals surface area contributed by atoms with E-state index in [-0.39, 0.29) is 0 Å². The van der Waals surface area contributed by atoms with Crippen molar-refractivity contribution in [1.82, 2.24) is 9.13 Å². The summed E-state index contributed by atoms with van der Waals surface area (Å²) in [6.45, 7) is 7.83. The molecule has 0 bridgehead atoms. The molecule has 70 heavy (non-hydrogen) atoms. The maximum atomic E-state index is 9.95. The average Bonchev–Trinajstić information content (AvgIpc) is 3.96. The van der Waals surface area contributed by atoms with Crippen molar-refractivity contribution in [3.63, 3.8) is 0 Å². The Morgan fingerprint density at radius 2 is 0.786 bits per heavy atom. The lowest BCUT2D eigenvalue weighted by Gasteiger charge is -2.31. The third kappa shape index (κ3) is 5.72. The molecule has 0 N–H and O–H groups in total. The van der Waals surface area contributed by atoms with Gasteiger partial charge in [-0.15, -0.1) is 0 Å². The molecule has 0 fully saturated rings. The molecule has 0 aliphatic carbocycles. The SMILES string of the molecule is [C-]#[N+]c1ccc(N(c2cccc3c(N(c4ccc(C#N)cc4)c4ccc5c6c4ccc4cccc(c46)n5-c4ccccc4)cccc23)c2ccc3c4c2ccc2cccc(c24)n3-c2ccccc2)cc1. The van der Waals surface area contributed by atoms with Gasteiger partial charge in [-0.25, -0.2) is 4.85 Å². The molecule has 324 valence electrons. The summed E-state index contributed by atoms with van der Waals surface area (Å²) in [7, 11) is 0. The fraction of sp³-hybridized carbons (Fsp3) is 0. The van der Waals surface area contributed by atoms with Crippen molar-refractivity contribution in [2.75, 3.05) is 9.80 Å². The number of hydrogen-bond donors (Lipinski definition) is 0. The molecule has 14 rings (SSSR count).